The zero-order valence-electron chi connectivity index (χ0n) is 10.6. The SMILES string of the molecule is CN(C)C=C1C(=O)c2sccc2C1NC(=O)C(F)(F)F. The van der Waals surface area contributed by atoms with Crippen molar-refractivity contribution in [1.29, 1.82) is 0 Å². The minimum Gasteiger partial charge on any atom is -0.383 e. The average molecular weight is 304 g/mol. The van der Waals surface area contributed by atoms with Crippen LogP contribution >= 0.6 is 11.3 Å². The van der Waals surface area contributed by atoms with Gasteiger partial charge in [-0.2, -0.15) is 13.2 Å². The summed E-state index contributed by atoms with van der Waals surface area (Å²) in [6.45, 7) is 0. The number of fused-ring (bicyclic) bond motifs is 1. The van der Waals surface area contributed by atoms with Crippen molar-refractivity contribution in [2.75, 3.05) is 14.1 Å². The molecule has 4 nitrogen and oxygen atoms in total. The van der Waals surface area contributed by atoms with Crippen molar-refractivity contribution in [3.05, 3.63) is 33.7 Å². The van der Waals surface area contributed by atoms with E-state index < -0.39 is 18.1 Å². The van der Waals surface area contributed by atoms with Crippen molar-refractivity contribution in [2.45, 2.75) is 12.2 Å². The molecule has 0 spiro atoms. The molecule has 0 saturated carbocycles. The lowest BCUT2D eigenvalue weighted by atomic mass is 10.1. The van der Waals surface area contributed by atoms with Crippen molar-refractivity contribution < 1.29 is 22.8 Å². The Hall–Kier alpha value is -1.83. The molecule has 1 aliphatic rings. The van der Waals surface area contributed by atoms with Gasteiger partial charge < -0.3 is 10.2 Å². The topological polar surface area (TPSA) is 49.4 Å². The smallest absolute Gasteiger partial charge is 0.383 e. The number of thiophene rings is 1. The Morgan fingerprint density at radius 1 is 1.45 bits per heavy atom. The zero-order valence-corrected chi connectivity index (χ0v) is 11.4. The number of hydrogen-bond donors (Lipinski definition) is 1. The van der Waals surface area contributed by atoms with E-state index in [4.69, 9.17) is 0 Å². The molecule has 1 aliphatic carbocycles. The summed E-state index contributed by atoms with van der Waals surface area (Å²) in [5.74, 6) is -2.41. The highest BCUT2D eigenvalue weighted by Crippen LogP contribution is 2.39. The van der Waals surface area contributed by atoms with Gasteiger partial charge in [0.15, 0.2) is 0 Å². The zero-order chi connectivity index (χ0) is 15.1. The van der Waals surface area contributed by atoms with Crippen molar-refractivity contribution >= 4 is 23.0 Å². The summed E-state index contributed by atoms with van der Waals surface area (Å²) in [6, 6.07) is 0.496. The molecule has 0 saturated heterocycles. The average Bonchev–Trinajstić information content (AvgIpc) is 2.86. The second-order valence-corrected chi connectivity index (χ2v) is 5.40. The van der Waals surface area contributed by atoms with E-state index in [0.29, 0.717) is 10.4 Å². The Bertz CT molecular complexity index is 590. The van der Waals surface area contributed by atoms with Gasteiger partial charge in [-0.15, -0.1) is 11.3 Å². The third-order valence-electron chi connectivity index (χ3n) is 2.72. The van der Waals surface area contributed by atoms with Gasteiger partial charge in [-0.05, 0) is 11.4 Å². The summed E-state index contributed by atoms with van der Waals surface area (Å²) in [7, 11) is 3.30. The number of carbonyl (C=O) groups is 2. The number of Topliss-reactive ketones (excluding diaryl/α,β-unsaturated/α-hetero) is 1. The molecule has 2 rings (SSSR count). The number of ketones is 1. The Kier molecular flexibility index (Phi) is 3.59. The van der Waals surface area contributed by atoms with Crippen molar-refractivity contribution in [3.63, 3.8) is 0 Å². The first-order chi connectivity index (χ1) is 9.21. The van der Waals surface area contributed by atoms with E-state index in [2.05, 4.69) is 0 Å². The molecule has 1 aromatic rings. The third-order valence-corrected chi connectivity index (χ3v) is 3.65. The van der Waals surface area contributed by atoms with Crippen LogP contribution < -0.4 is 5.32 Å². The van der Waals surface area contributed by atoms with Crippen LogP contribution in [0.25, 0.3) is 0 Å². The van der Waals surface area contributed by atoms with Gasteiger partial charge in [-0.1, -0.05) is 0 Å². The number of amides is 1. The molecule has 8 heteroatoms. The molecule has 1 heterocycles. The van der Waals surface area contributed by atoms with Crippen LogP contribution in [0.5, 0.6) is 0 Å². The van der Waals surface area contributed by atoms with Crippen LogP contribution in [0.1, 0.15) is 21.3 Å². The number of halogens is 3. The van der Waals surface area contributed by atoms with Gasteiger partial charge in [-0.25, -0.2) is 0 Å². The van der Waals surface area contributed by atoms with Gasteiger partial charge in [0.2, 0.25) is 5.78 Å². The number of nitrogens with one attached hydrogen (secondary N) is 1. The van der Waals surface area contributed by atoms with Gasteiger partial charge >= 0.3 is 12.1 Å². The largest absolute Gasteiger partial charge is 0.471 e. The van der Waals surface area contributed by atoms with Gasteiger partial charge in [0, 0.05) is 31.4 Å². The fourth-order valence-corrected chi connectivity index (χ4v) is 2.84. The molecule has 0 aliphatic heterocycles. The van der Waals surface area contributed by atoms with Crippen LogP contribution in [0.15, 0.2) is 23.2 Å². The maximum atomic E-state index is 12.4. The quantitative estimate of drug-likeness (QED) is 0.851. The fourth-order valence-electron chi connectivity index (χ4n) is 1.94. The molecule has 1 atom stereocenters. The number of carbonyl (C=O) groups excluding carboxylic acids is 2. The molecule has 108 valence electrons. The molecular weight excluding hydrogens is 293 g/mol. The molecule has 1 N–H and O–H groups in total. The Morgan fingerprint density at radius 2 is 2.10 bits per heavy atom. The van der Waals surface area contributed by atoms with Crippen LogP contribution in [-0.4, -0.2) is 36.9 Å². The highest BCUT2D eigenvalue weighted by atomic mass is 32.1. The molecule has 1 unspecified atom stereocenters. The van der Waals surface area contributed by atoms with Crippen molar-refractivity contribution in [1.82, 2.24) is 10.2 Å². The third kappa shape index (κ3) is 2.55. The van der Waals surface area contributed by atoms with Crippen LogP contribution in [-0.2, 0) is 4.79 Å². The predicted octanol–water partition coefficient (Wildman–Crippen LogP) is 2.11. The summed E-state index contributed by atoms with van der Waals surface area (Å²) >= 11 is 1.15. The Labute approximate surface area is 116 Å². The summed E-state index contributed by atoms with van der Waals surface area (Å²) in [5.41, 5.74) is 0.542. The summed E-state index contributed by atoms with van der Waals surface area (Å²) in [4.78, 5) is 25.1. The number of rotatable bonds is 2. The maximum absolute atomic E-state index is 12.4. The van der Waals surface area contributed by atoms with Crippen LogP contribution in [0.3, 0.4) is 0 Å². The number of hydrogen-bond acceptors (Lipinski definition) is 4. The van der Waals surface area contributed by atoms with Gasteiger partial charge in [-0.3, -0.25) is 9.59 Å². The summed E-state index contributed by atoms with van der Waals surface area (Å²) < 4.78 is 37.1. The Balaban J connectivity index is 2.38. The first-order valence-electron chi connectivity index (χ1n) is 5.59. The van der Waals surface area contributed by atoms with E-state index in [0.717, 1.165) is 11.3 Å². The first-order valence-corrected chi connectivity index (χ1v) is 6.47. The van der Waals surface area contributed by atoms with E-state index in [1.165, 1.54) is 6.20 Å². The lowest BCUT2D eigenvalue weighted by Gasteiger charge is -2.17. The maximum Gasteiger partial charge on any atom is 0.471 e. The molecule has 1 aromatic heterocycles. The summed E-state index contributed by atoms with van der Waals surface area (Å²) in [6.07, 6.45) is -3.55. The molecule has 0 radical (unpaired) electrons. The van der Waals surface area contributed by atoms with Crippen LogP contribution in [0.4, 0.5) is 13.2 Å². The minimum absolute atomic E-state index is 0.134. The molecule has 0 fully saturated rings. The number of nitrogens with zero attached hydrogens (tertiary/aromatic N) is 1. The number of alkyl halides is 3. The second-order valence-electron chi connectivity index (χ2n) is 4.49. The van der Waals surface area contributed by atoms with Gasteiger partial charge in [0.25, 0.3) is 0 Å². The summed E-state index contributed by atoms with van der Waals surface area (Å²) in [5, 5.41) is 3.49. The van der Waals surface area contributed by atoms with Crippen molar-refractivity contribution in [3.8, 4) is 0 Å². The van der Waals surface area contributed by atoms with E-state index >= 15 is 0 Å². The molecule has 20 heavy (non-hydrogen) atoms. The normalized spacial score (nSPS) is 20.1. The van der Waals surface area contributed by atoms with E-state index in [1.54, 1.807) is 30.4 Å². The second kappa shape index (κ2) is 4.93. The standard InChI is InChI=1S/C12H11F3N2O2S/c1-17(2)5-7-8(16-11(19)12(13,14)15)6-3-4-20-10(6)9(7)18/h3-5,8H,1-2H3,(H,16,19). The van der Waals surface area contributed by atoms with Crippen LogP contribution in [0, 0.1) is 0 Å². The molecular formula is C12H11F3N2O2S. The van der Waals surface area contributed by atoms with Gasteiger partial charge in [0.1, 0.15) is 0 Å². The van der Waals surface area contributed by atoms with E-state index in [9.17, 15) is 22.8 Å². The molecule has 0 aromatic carbocycles. The predicted molar refractivity (Wildman–Crippen MR) is 67.4 cm³/mol. The van der Waals surface area contributed by atoms with Gasteiger partial charge in [0.05, 0.1) is 10.9 Å². The first kappa shape index (κ1) is 14.6. The van der Waals surface area contributed by atoms with E-state index in [1.807, 2.05) is 5.32 Å². The lowest BCUT2D eigenvalue weighted by molar-refractivity contribution is -0.174. The highest BCUT2D eigenvalue weighted by molar-refractivity contribution is 7.12. The van der Waals surface area contributed by atoms with Crippen molar-refractivity contribution in [2.24, 2.45) is 0 Å². The molecule has 1 amide bonds. The molecule has 0 bridgehead atoms. The monoisotopic (exact) mass is 304 g/mol. The fraction of sp³-hybridized carbons (Fsp3) is 0.333. The minimum atomic E-state index is -4.98. The van der Waals surface area contributed by atoms with Crippen LogP contribution in [0.2, 0.25) is 0 Å². The highest BCUT2D eigenvalue weighted by Gasteiger charge is 2.44. The lowest BCUT2D eigenvalue weighted by Crippen LogP contribution is -2.39. The Morgan fingerprint density at radius 3 is 2.65 bits per heavy atom. The van der Waals surface area contributed by atoms with E-state index in [-0.39, 0.29) is 11.4 Å².